The molecule has 4 N–H and O–H groups in total. The van der Waals surface area contributed by atoms with Crippen molar-refractivity contribution in [3.05, 3.63) is 29.8 Å². The molecule has 0 spiro atoms. The fourth-order valence-electron chi connectivity index (χ4n) is 1.70. The van der Waals surface area contributed by atoms with Crippen LogP contribution in [0.2, 0.25) is 0 Å². The number of carboxylic acid groups (broad SMARTS) is 1. The third kappa shape index (κ3) is 6.23. The second-order valence-corrected chi connectivity index (χ2v) is 4.45. The molecular formula is C14H18N2O6. The number of carbonyl (C=O) groups excluding carboxylic acids is 2. The van der Waals surface area contributed by atoms with Gasteiger partial charge in [-0.15, -0.1) is 0 Å². The fourth-order valence-corrected chi connectivity index (χ4v) is 1.70. The van der Waals surface area contributed by atoms with Gasteiger partial charge in [-0.2, -0.15) is 0 Å². The SMILES string of the molecule is COC(=O)CC(NC(=O)COCC(=O)O)c1ccc(N)cc1. The van der Waals surface area contributed by atoms with E-state index in [1.807, 2.05) is 0 Å². The minimum atomic E-state index is -1.17. The first-order valence-corrected chi connectivity index (χ1v) is 6.43. The molecule has 1 unspecified atom stereocenters. The molecular weight excluding hydrogens is 292 g/mol. The monoisotopic (exact) mass is 310 g/mol. The van der Waals surface area contributed by atoms with Crippen molar-refractivity contribution in [2.75, 3.05) is 26.1 Å². The summed E-state index contributed by atoms with van der Waals surface area (Å²) in [5.74, 6) is -2.20. The largest absolute Gasteiger partial charge is 0.480 e. The number of carbonyl (C=O) groups is 3. The van der Waals surface area contributed by atoms with Gasteiger partial charge in [0.05, 0.1) is 19.6 Å². The number of hydrogen-bond donors (Lipinski definition) is 3. The van der Waals surface area contributed by atoms with Crippen molar-refractivity contribution in [1.29, 1.82) is 0 Å². The van der Waals surface area contributed by atoms with Crippen LogP contribution in [-0.2, 0) is 23.9 Å². The van der Waals surface area contributed by atoms with Gasteiger partial charge in [0, 0.05) is 5.69 Å². The Kier molecular flexibility index (Phi) is 6.84. The van der Waals surface area contributed by atoms with Crippen LogP contribution in [-0.4, -0.2) is 43.3 Å². The van der Waals surface area contributed by atoms with Crippen LogP contribution < -0.4 is 11.1 Å². The third-order valence-electron chi connectivity index (χ3n) is 2.73. The minimum Gasteiger partial charge on any atom is -0.480 e. The van der Waals surface area contributed by atoms with Crippen molar-refractivity contribution in [3.63, 3.8) is 0 Å². The lowest BCUT2D eigenvalue weighted by Gasteiger charge is -2.18. The molecule has 0 fully saturated rings. The molecule has 8 heteroatoms. The van der Waals surface area contributed by atoms with E-state index in [1.165, 1.54) is 7.11 Å². The van der Waals surface area contributed by atoms with E-state index in [0.29, 0.717) is 11.3 Å². The average Bonchev–Trinajstić information content (AvgIpc) is 2.46. The van der Waals surface area contributed by atoms with E-state index in [0.717, 1.165) is 0 Å². The summed E-state index contributed by atoms with van der Waals surface area (Å²) in [6, 6.07) is 6.04. The number of methoxy groups -OCH3 is 1. The summed E-state index contributed by atoms with van der Waals surface area (Å²) in [4.78, 5) is 33.5. The second-order valence-electron chi connectivity index (χ2n) is 4.45. The lowest BCUT2D eigenvalue weighted by molar-refractivity contribution is -0.143. The van der Waals surface area contributed by atoms with Gasteiger partial charge in [0.1, 0.15) is 13.2 Å². The van der Waals surface area contributed by atoms with Gasteiger partial charge in [-0.1, -0.05) is 12.1 Å². The van der Waals surface area contributed by atoms with Crippen LogP contribution in [0.5, 0.6) is 0 Å². The summed E-state index contributed by atoms with van der Waals surface area (Å²) in [6.07, 6.45) is -0.0644. The van der Waals surface area contributed by atoms with Crippen molar-refractivity contribution >= 4 is 23.5 Å². The van der Waals surface area contributed by atoms with E-state index >= 15 is 0 Å². The zero-order valence-corrected chi connectivity index (χ0v) is 12.1. The van der Waals surface area contributed by atoms with Gasteiger partial charge in [-0.3, -0.25) is 9.59 Å². The van der Waals surface area contributed by atoms with Crippen LogP contribution in [0, 0.1) is 0 Å². The van der Waals surface area contributed by atoms with Crippen molar-refractivity contribution in [3.8, 4) is 0 Å². The van der Waals surface area contributed by atoms with Crippen LogP contribution >= 0.6 is 0 Å². The number of carboxylic acids is 1. The molecule has 1 aromatic rings. The van der Waals surface area contributed by atoms with Gasteiger partial charge >= 0.3 is 11.9 Å². The number of benzene rings is 1. The van der Waals surface area contributed by atoms with Crippen LogP contribution in [0.25, 0.3) is 0 Å². The minimum absolute atomic E-state index is 0.0644. The maximum atomic E-state index is 11.7. The molecule has 0 heterocycles. The number of aliphatic carboxylic acids is 1. The smallest absolute Gasteiger partial charge is 0.329 e. The highest BCUT2D eigenvalue weighted by Crippen LogP contribution is 2.18. The standard InChI is InChI=1S/C14H18N2O6/c1-21-14(20)6-11(9-2-4-10(15)5-3-9)16-12(17)7-22-8-13(18)19/h2-5,11H,6-8,15H2,1H3,(H,16,17)(H,18,19). The Labute approximate surface area is 127 Å². The van der Waals surface area contributed by atoms with E-state index in [4.69, 9.17) is 15.6 Å². The summed E-state index contributed by atoms with van der Waals surface area (Å²) < 4.78 is 9.29. The average molecular weight is 310 g/mol. The van der Waals surface area contributed by atoms with E-state index < -0.39 is 37.1 Å². The Morgan fingerprint density at radius 2 is 1.86 bits per heavy atom. The van der Waals surface area contributed by atoms with Gasteiger partial charge in [-0.05, 0) is 17.7 Å². The number of amides is 1. The molecule has 8 nitrogen and oxygen atoms in total. The molecule has 120 valence electrons. The summed E-state index contributed by atoms with van der Waals surface area (Å²) in [6.45, 7) is -0.990. The first-order chi connectivity index (χ1) is 10.4. The van der Waals surface area contributed by atoms with Crippen LogP contribution in [0.3, 0.4) is 0 Å². The maximum absolute atomic E-state index is 11.7. The molecule has 0 saturated heterocycles. The molecule has 0 saturated carbocycles. The Hall–Kier alpha value is -2.61. The normalized spacial score (nSPS) is 11.5. The van der Waals surface area contributed by atoms with Crippen molar-refractivity contribution < 1.29 is 29.0 Å². The van der Waals surface area contributed by atoms with E-state index in [9.17, 15) is 14.4 Å². The highest BCUT2D eigenvalue weighted by molar-refractivity contribution is 5.79. The highest BCUT2D eigenvalue weighted by Gasteiger charge is 2.19. The molecule has 0 bridgehead atoms. The molecule has 22 heavy (non-hydrogen) atoms. The van der Waals surface area contributed by atoms with Crippen LogP contribution in [0.15, 0.2) is 24.3 Å². The Morgan fingerprint density at radius 1 is 1.23 bits per heavy atom. The number of ether oxygens (including phenoxy) is 2. The summed E-state index contributed by atoms with van der Waals surface area (Å²) in [5, 5.41) is 11.0. The lowest BCUT2D eigenvalue weighted by Crippen LogP contribution is -2.33. The molecule has 0 aliphatic rings. The van der Waals surface area contributed by atoms with Crippen molar-refractivity contribution in [2.45, 2.75) is 12.5 Å². The Bertz CT molecular complexity index is 529. The Morgan fingerprint density at radius 3 is 2.41 bits per heavy atom. The summed E-state index contributed by atoms with van der Waals surface area (Å²) in [7, 11) is 1.25. The number of esters is 1. The first kappa shape index (κ1) is 17.4. The zero-order valence-electron chi connectivity index (χ0n) is 12.1. The zero-order chi connectivity index (χ0) is 16.5. The summed E-state index contributed by atoms with van der Waals surface area (Å²) >= 11 is 0. The number of hydrogen-bond acceptors (Lipinski definition) is 6. The highest BCUT2D eigenvalue weighted by atomic mass is 16.5. The van der Waals surface area contributed by atoms with Gasteiger partial charge in [0.2, 0.25) is 5.91 Å². The van der Waals surface area contributed by atoms with Gasteiger partial charge in [0.25, 0.3) is 0 Å². The number of nitrogen functional groups attached to an aromatic ring is 1. The molecule has 1 atom stereocenters. The molecule has 1 rings (SSSR count). The number of anilines is 1. The van der Waals surface area contributed by atoms with Crippen LogP contribution in [0.4, 0.5) is 5.69 Å². The third-order valence-corrected chi connectivity index (χ3v) is 2.73. The Balaban J connectivity index is 2.69. The molecule has 0 aliphatic heterocycles. The quantitative estimate of drug-likeness (QED) is 0.458. The molecule has 0 aliphatic carbocycles. The number of rotatable bonds is 8. The number of nitrogens with two attached hydrogens (primary N) is 1. The van der Waals surface area contributed by atoms with E-state index in [-0.39, 0.29) is 6.42 Å². The summed E-state index contributed by atoms with van der Waals surface area (Å²) in [5.41, 5.74) is 6.82. The molecule has 0 radical (unpaired) electrons. The van der Waals surface area contributed by atoms with Gasteiger partial charge < -0.3 is 25.6 Å². The van der Waals surface area contributed by atoms with E-state index in [1.54, 1.807) is 24.3 Å². The number of nitrogens with one attached hydrogen (secondary N) is 1. The van der Waals surface area contributed by atoms with Crippen LogP contribution in [0.1, 0.15) is 18.0 Å². The maximum Gasteiger partial charge on any atom is 0.329 e. The van der Waals surface area contributed by atoms with E-state index in [2.05, 4.69) is 10.1 Å². The lowest BCUT2D eigenvalue weighted by atomic mass is 10.0. The topological polar surface area (TPSA) is 128 Å². The molecule has 1 amide bonds. The first-order valence-electron chi connectivity index (χ1n) is 6.43. The predicted molar refractivity (Wildman–Crippen MR) is 76.8 cm³/mol. The fraction of sp³-hybridized carbons (Fsp3) is 0.357. The van der Waals surface area contributed by atoms with Gasteiger partial charge in [0.15, 0.2) is 0 Å². The predicted octanol–water partition coefficient (Wildman–Crippen LogP) is 0.0904. The van der Waals surface area contributed by atoms with Gasteiger partial charge in [-0.25, -0.2) is 4.79 Å². The van der Waals surface area contributed by atoms with Crippen molar-refractivity contribution in [2.24, 2.45) is 0 Å². The second kappa shape index (κ2) is 8.63. The molecule has 1 aromatic carbocycles. The van der Waals surface area contributed by atoms with Crippen molar-refractivity contribution in [1.82, 2.24) is 5.32 Å². The molecule has 0 aromatic heterocycles.